The predicted octanol–water partition coefficient (Wildman–Crippen LogP) is 2.17. The number of hydrogen-bond donors (Lipinski definition) is 2. The minimum atomic E-state index is -0.877. The average Bonchev–Trinajstić information content (AvgIpc) is 2.49. The third-order valence-electron chi connectivity index (χ3n) is 6.09. The number of carbonyl (C=O) groups excluding carboxylic acids is 3. The molecule has 26 heavy (non-hydrogen) atoms. The Bertz CT molecular complexity index is 558. The second kappa shape index (κ2) is 6.86. The van der Waals surface area contributed by atoms with Crippen LogP contribution in [0.4, 0.5) is 0 Å². The molecule has 0 heterocycles. The van der Waals surface area contributed by atoms with E-state index < -0.39 is 12.1 Å². The van der Waals surface area contributed by atoms with Crippen molar-refractivity contribution >= 4 is 17.8 Å². The topological polar surface area (TPSA) is 84.5 Å². The Morgan fingerprint density at radius 1 is 1.04 bits per heavy atom. The molecule has 146 valence electrons. The van der Waals surface area contributed by atoms with Crippen LogP contribution in [0.2, 0.25) is 0 Å². The van der Waals surface area contributed by atoms with Crippen molar-refractivity contribution in [1.29, 1.82) is 0 Å². The summed E-state index contributed by atoms with van der Waals surface area (Å²) in [5, 5.41) is 5.56. The molecule has 4 bridgehead atoms. The number of amides is 2. The van der Waals surface area contributed by atoms with E-state index in [-0.39, 0.29) is 29.3 Å². The molecule has 0 radical (unpaired) electrons. The van der Waals surface area contributed by atoms with E-state index in [2.05, 4.69) is 10.6 Å². The van der Waals surface area contributed by atoms with Crippen LogP contribution < -0.4 is 10.6 Å². The Morgan fingerprint density at radius 3 is 2.00 bits per heavy atom. The van der Waals surface area contributed by atoms with Crippen molar-refractivity contribution in [2.45, 2.75) is 77.9 Å². The Morgan fingerprint density at radius 2 is 1.54 bits per heavy atom. The number of nitrogens with one attached hydrogen (secondary N) is 2. The molecule has 1 atom stereocenters. The van der Waals surface area contributed by atoms with Crippen molar-refractivity contribution in [3.05, 3.63) is 0 Å². The molecule has 0 aromatic rings. The Hall–Kier alpha value is -1.59. The van der Waals surface area contributed by atoms with Crippen LogP contribution in [0.5, 0.6) is 0 Å². The average molecular weight is 364 g/mol. The minimum absolute atomic E-state index is 0.000320. The van der Waals surface area contributed by atoms with E-state index in [0.717, 1.165) is 19.3 Å². The summed E-state index contributed by atoms with van der Waals surface area (Å²) in [6, 6.07) is 0. The lowest BCUT2D eigenvalue weighted by atomic mass is 9.49. The lowest BCUT2D eigenvalue weighted by Crippen LogP contribution is -2.54. The van der Waals surface area contributed by atoms with Gasteiger partial charge in [0.25, 0.3) is 5.91 Å². The Kier molecular flexibility index (Phi) is 5.06. The van der Waals surface area contributed by atoms with Crippen LogP contribution in [0.15, 0.2) is 0 Å². The van der Waals surface area contributed by atoms with Crippen LogP contribution in [0.3, 0.4) is 0 Å². The highest BCUT2D eigenvalue weighted by Gasteiger charge is 2.54. The van der Waals surface area contributed by atoms with E-state index in [0.29, 0.717) is 17.8 Å². The first-order valence-corrected chi connectivity index (χ1v) is 9.86. The smallest absolute Gasteiger partial charge is 0.326 e. The van der Waals surface area contributed by atoms with E-state index in [1.165, 1.54) is 19.3 Å². The van der Waals surface area contributed by atoms with Crippen molar-refractivity contribution in [1.82, 2.24) is 10.6 Å². The van der Waals surface area contributed by atoms with Gasteiger partial charge < -0.3 is 15.4 Å². The van der Waals surface area contributed by atoms with E-state index in [4.69, 9.17) is 4.74 Å². The molecule has 0 saturated heterocycles. The summed E-state index contributed by atoms with van der Waals surface area (Å²) >= 11 is 0. The summed E-state index contributed by atoms with van der Waals surface area (Å²) < 4.78 is 5.16. The SMILES string of the molecule is CC(OC(=O)CNC(=O)C12CC3CC(CC(C3)C1)C2)C(=O)NC(C)(C)C. The fraction of sp³-hybridized carbons (Fsp3) is 0.850. The lowest BCUT2D eigenvalue weighted by molar-refractivity contribution is -0.157. The van der Waals surface area contributed by atoms with Gasteiger partial charge in [0.1, 0.15) is 6.54 Å². The van der Waals surface area contributed by atoms with Crippen LogP contribution >= 0.6 is 0 Å². The first-order valence-electron chi connectivity index (χ1n) is 9.86. The molecular formula is C20H32N2O4. The van der Waals surface area contributed by atoms with Crippen molar-refractivity contribution < 1.29 is 19.1 Å². The van der Waals surface area contributed by atoms with Gasteiger partial charge in [0.05, 0.1) is 0 Å². The third-order valence-corrected chi connectivity index (χ3v) is 6.09. The number of esters is 1. The van der Waals surface area contributed by atoms with E-state index in [1.807, 2.05) is 20.8 Å². The van der Waals surface area contributed by atoms with Gasteiger partial charge in [-0.3, -0.25) is 14.4 Å². The molecule has 2 N–H and O–H groups in total. The summed E-state index contributed by atoms with van der Waals surface area (Å²) in [7, 11) is 0. The largest absolute Gasteiger partial charge is 0.451 e. The van der Waals surface area contributed by atoms with Gasteiger partial charge in [-0.05, 0) is 84.0 Å². The van der Waals surface area contributed by atoms with Gasteiger partial charge in [-0.15, -0.1) is 0 Å². The lowest BCUT2D eigenvalue weighted by Gasteiger charge is -2.55. The van der Waals surface area contributed by atoms with Gasteiger partial charge >= 0.3 is 5.97 Å². The Balaban J connectivity index is 1.47. The molecule has 0 spiro atoms. The normalized spacial score (nSPS) is 33.5. The second-order valence-electron chi connectivity index (χ2n) is 9.75. The van der Waals surface area contributed by atoms with Gasteiger partial charge in [-0.25, -0.2) is 0 Å². The highest BCUT2D eigenvalue weighted by molar-refractivity contribution is 5.88. The van der Waals surface area contributed by atoms with E-state index in [1.54, 1.807) is 6.92 Å². The molecule has 0 aliphatic heterocycles. The molecule has 4 saturated carbocycles. The van der Waals surface area contributed by atoms with Crippen molar-refractivity contribution in [2.75, 3.05) is 6.54 Å². The quantitative estimate of drug-likeness (QED) is 0.732. The molecule has 6 nitrogen and oxygen atoms in total. The Labute approximate surface area is 155 Å². The highest BCUT2D eigenvalue weighted by atomic mass is 16.5. The van der Waals surface area contributed by atoms with E-state index >= 15 is 0 Å². The van der Waals surface area contributed by atoms with Crippen LogP contribution in [-0.4, -0.2) is 36.0 Å². The molecule has 4 rings (SSSR count). The number of ether oxygens (including phenoxy) is 1. The fourth-order valence-corrected chi connectivity index (χ4v) is 5.49. The van der Waals surface area contributed by atoms with Gasteiger partial charge in [0, 0.05) is 11.0 Å². The van der Waals surface area contributed by atoms with E-state index in [9.17, 15) is 14.4 Å². The highest BCUT2D eigenvalue weighted by Crippen LogP contribution is 2.60. The zero-order valence-electron chi connectivity index (χ0n) is 16.4. The molecule has 2 amide bonds. The minimum Gasteiger partial charge on any atom is -0.451 e. The van der Waals surface area contributed by atoms with Crippen LogP contribution in [-0.2, 0) is 19.1 Å². The monoisotopic (exact) mass is 364 g/mol. The van der Waals surface area contributed by atoms with Crippen molar-refractivity contribution in [2.24, 2.45) is 23.2 Å². The summed E-state index contributed by atoms with van der Waals surface area (Å²) in [4.78, 5) is 36.8. The zero-order chi connectivity index (χ0) is 19.1. The number of carbonyl (C=O) groups is 3. The van der Waals surface area contributed by atoms with Crippen LogP contribution in [0.25, 0.3) is 0 Å². The maximum Gasteiger partial charge on any atom is 0.326 e. The molecule has 4 aliphatic carbocycles. The van der Waals surface area contributed by atoms with Gasteiger partial charge in [0.15, 0.2) is 6.10 Å². The molecule has 1 unspecified atom stereocenters. The fourth-order valence-electron chi connectivity index (χ4n) is 5.49. The molecule has 4 aliphatic rings. The second-order valence-corrected chi connectivity index (χ2v) is 9.75. The van der Waals surface area contributed by atoms with Crippen molar-refractivity contribution in [3.8, 4) is 0 Å². The standard InChI is InChI=1S/C20H32N2O4/c1-12(17(24)22-19(2,3)4)26-16(23)11-21-18(25)20-8-13-5-14(9-20)7-15(6-13)10-20/h12-15H,5-11H2,1-4H3,(H,21,25)(H,22,24). The van der Waals surface area contributed by atoms with Crippen LogP contribution in [0.1, 0.15) is 66.2 Å². The summed E-state index contributed by atoms with van der Waals surface area (Å²) in [6.45, 7) is 6.97. The number of rotatable bonds is 5. The first kappa shape index (κ1) is 19.2. The maximum atomic E-state index is 12.8. The third kappa shape index (κ3) is 4.21. The van der Waals surface area contributed by atoms with Gasteiger partial charge in [-0.1, -0.05) is 0 Å². The molecule has 0 aromatic heterocycles. The molecule has 6 heteroatoms. The van der Waals surface area contributed by atoms with Gasteiger partial charge in [-0.2, -0.15) is 0 Å². The maximum absolute atomic E-state index is 12.8. The van der Waals surface area contributed by atoms with Gasteiger partial charge in [0.2, 0.25) is 5.91 Å². The summed E-state index contributed by atoms with van der Waals surface area (Å²) in [6.07, 6.45) is 5.83. The first-order chi connectivity index (χ1) is 12.1. The molecular weight excluding hydrogens is 332 g/mol. The summed E-state index contributed by atoms with van der Waals surface area (Å²) in [5.74, 6) is 1.14. The van der Waals surface area contributed by atoms with Crippen LogP contribution in [0, 0.1) is 23.2 Å². The zero-order valence-corrected chi connectivity index (χ0v) is 16.4. The van der Waals surface area contributed by atoms with Crippen molar-refractivity contribution in [3.63, 3.8) is 0 Å². The number of hydrogen-bond acceptors (Lipinski definition) is 4. The summed E-state index contributed by atoms with van der Waals surface area (Å²) in [5.41, 5.74) is -0.658. The molecule has 0 aromatic carbocycles. The predicted molar refractivity (Wildman–Crippen MR) is 97.1 cm³/mol. The molecule has 4 fully saturated rings.